The van der Waals surface area contributed by atoms with Gasteiger partial charge in [0.1, 0.15) is 5.82 Å². The van der Waals surface area contributed by atoms with Gasteiger partial charge in [-0.25, -0.2) is 4.98 Å². The number of hydrogen-bond acceptors (Lipinski definition) is 3. The van der Waals surface area contributed by atoms with Gasteiger partial charge < -0.3 is 4.57 Å². The van der Waals surface area contributed by atoms with E-state index in [1.807, 2.05) is 36.1 Å². The van der Waals surface area contributed by atoms with Crippen LogP contribution in [0.25, 0.3) is 10.7 Å². The number of nitrogens with zero attached hydrogens (tertiary/aromatic N) is 3. The van der Waals surface area contributed by atoms with E-state index in [9.17, 15) is 0 Å². The first-order chi connectivity index (χ1) is 7.24. The van der Waals surface area contributed by atoms with Gasteiger partial charge in [-0.15, -0.1) is 11.3 Å². The molecule has 2 heterocycles. The Kier molecular flexibility index (Phi) is 2.57. The van der Waals surface area contributed by atoms with Crippen LogP contribution in [0.3, 0.4) is 0 Å². The molecule has 0 N–H and O–H groups in total. The van der Waals surface area contributed by atoms with E-state index in [0.717, 1.165) is 22.1 Å². The third kappa shape index (κ3) is 1.66. The van der Waals surface area contributed by atoms with Crippen LogP contribution in [0, 0.1) is 18.3 Å². The summed E-state index contributed by atoms with van der Waals surface area (Å²) in [6.07, 6.45) is 0.380. The maximum atomic E-state index is 8.68. The van der Waals surface area contributed by atoms with Crippen molar-refractivity contribution >= 4 is 11.3 Å². The Morgan fingerprint density at radius 3 is 3.00 bits per heavy atom. The number of imidazole rings is 1. The molecule has 0 fully saturated rings. The van der Waals surface area contributed by atoms with Crippen LogP contribution in [-0.2, 0) is 13.5 Å². The maximum absolute atomic E-state index is 8.68. The van der Waals surface area contributed by atoms with Crippen molar-refractivity contribution in [2.24, 2.45) is 7.05 Å². The highest BCUT2D eigenvalue weighted by Crippen LogP contribution is 2.25. The van der Waals surface area contributed by atoms with E-state index in [0.29, 0.717) is 6.42 Å². The van der Waals surface area contributed by atoms with Gasteiger partial charge in [-0.05, 0) is 18.4 Å². The number of rotatable bonds is 2. The molecule has 0 atom stereocenters. The van der Waals surface area contributed by atoms with E-state index < -0.39 is 0 Å². The first kappa shape index (κ1) is 9.94. The van der Waals surface area contributed by atoms with Gasteiger partial charge in [0.15, 0.2) is 0 Å². The van der Waals surface area contributed by atoms with Crippen molar-refractivity contribution in [3.05, 3.63) is 28.9 Å². The van der Waals surface area contributed by atoms with Crippen molar-refractivity contribution in [3.8, 4) is 16.8 Å². The monoisotopic (exact) mass is 217 g/mol. The Morgan fingerprint density at radius 1 is 1.60 bits per heavy atom. The molecule has 76 valence electrons. The van der Waals surface area contributed by atoms with Gasteiger partial charge in [-0.1, -0.05) is 6.07 Å². The maximum Gasteiger partial charge on any atom is 0.150 e. The van der Waals surface area contributed by atoms with Crippen LogP contribution in [-0.4, -0.2) is 9.55 Å². The van der Waals surface area contributed by atoms with Crippen LogP contribution in [0.2, 0.25) is 0 Å². The molecular weight excluding hydrogens is 206 g/mol. The normalized spacial score (nSPS) is 10.2. The van der Waals surface area contributed by atoms with Gasteiger partial charge in [0, 0.05) is 12.7 Å². The minimum atomic E-state index is 0.380. The quantitative estimate of drug-likeness (QED) is 0.775. The first-order valence-electron chi connectivity index (χ1n) is 4.67. The summed E-state index contributed by atoms with van der Waals surface area (Å²) in [6, 6.07) is 6.19. The second-order valence-electron chi connectivity index (χ2n) is 3.34. The molecule has 0 aliphatic heterocycles. The third-order valence-corrected chi connectivity index (χ3v) is 3.33. The van der Waals surface area contributed by atoms with E-state index in [4.69, 9.17) is 5.26 Å². The second kappa shape index (κ2) is 3.87. The molecule has 3 nitrogen and oxygen atoms in total. The number of nitriles is 1. The standard InChI is InChI=1S/C11H11N3S/c1-8-9(5-6-12)13-11(14(8)2)10-4-3-7-15-10/h3-4,7H,5H2,1-2H3. The van der Waals surface area contributed by atoms with Crippen LogP contribution in [0.4, 0.5) is 0 Å². The fourth-order valence-electron chi connectivity index (χ4n) is 1.50. The van der Waals surface area contributed by atoms with Crippen LogP contribution in [0.5, 0.6) is 0 Å². The molecule has 0 aliphatic rings. The van der Waals surface area contributed by atoms with Crippen molar-refractivity contribution in [2.45, 2.75) is 13.3 Å². The van der Waals surface area contributed by atoms with Gasteiger partial charge in [-0.3, -0.25) is 0 Å². The highest BCUT2D eigenvalue weighted by atomic mass is 32.1. The molecule has 0 aliphatic carbocycles. The number of aromatic nitrogens is 2. The highest BCUT2D eigenvalue weighted by molar-refractivity contribution is 7.13. The molecule has 2 rings (SSSR count). The van der Waals surface area contributed by atoms with E-state index >= 15 is 0 Å². The van der Waals surface area contributed by atoms with Crippen molar-refractivity contribution in [3.63, 3.8) is 0 Å². The highest BCUT2D eigenvalue weighted by Gasteiger charge is 2.12. The molecule has 0 aromatic carbocycles. The average molecular weight is 217 g/mol. The fourth-order valence-corrected chi connectivity index (χ4v) is 2.25. The predicted octanol–water partition coefficient (Wildman–Crippen LogP) is 2.52. The lowest BCUT2D eigenvalue weighted by Crippen LogP contribution is -1.93. The van der Waals surface area contributed by atoms with Crippen molar-refractivity contribution in [1.29, 1.82) is 5.26 Å². The van der Waals surface area contributed by atoms with Gasteiger partial charge in [0.05, 0.1) is 23.1 Å². The molecule has 0 saturated carbocycles. The summed E-state index contributed by atoms with van der Waals surface area (Å²) in [4.78, 5) is 5.64. The lowest BCUT2D eigenvalue weighted by atomic mass is 10.3. The summed E-state index contributed by atoms with van der Waals surface area (Å²) in [5, 5.41) is 10.7. The molecule has 0 saturated heterocycles. The lowest BCUT2D eigenvalue weighted by molar-refractivity contribution is 0.881. The SMILES string of the molecule is Cc1c(CC#N)nc(-c2cccs2)n1C. The summed E-state index contributed by atoms with van der Waals surface area (Å²) in [7, 11) is 1.98. The average Bonchev–Trinajstić information content (AvgIpc) is 2.82. The summed E-state index contributed by atoms with van der Waals surface area (Å²) >= 11 is 1.66. The minimum absolute atomic E-state index is 0.380. The molecule has 0 amide bonds. The molecule has 4 heteroatoms. The third-order valence-electron chi connectivity index (χ3n) is 2.47. The molecular formula is C11H11N3S. The Balaban J connectivity index is 2.51. The largest absolute Gasteiger partial charge is 0.330 e. The Hall–Kier alpha value is -1.60. The van der Waals surface area contributed by atoms with Gasteiger partial charge in [0.25, 0.3) is 0 Å². The molecule has 15 heavy (non-hydrogen) atoms. The van der Waals surface area contributed by atoms with Crippen LogP contribution in [0.1, 0.15) is 11.4 Å². The topological polar surface area (TPSA) is 41.6 Å². The summed E-state index contributed by atoms with van der Waals surface area (Å²) in [5.74, 6) is 0.952. The molecule has 2 aromatic heterocycles. The van der Waals surface area contributed by atoms with Crippen molar-refractivity contribution < 1.29 is 0 Å². The van der Waals surface area contributed by atoms with E-state index in [-0.39, 0.29) is 0 Å². The molecule has 0 radical (unpaired) electrons. The molecule has 0 unspecified atom stereocenters. The van der Waals surface area contributed by atoms with Gasteiger partial charge in [0.2, 0.25) is 0 Å². The smallest absolute Gasteiger partial charge is 0.150 e. The number of hydrogen-bond donors (Lipinski definition) is 0. The lowest BCUT2D eigenvalue weighted by Gasteiger charge is -1.99. The zero-order chi connectivity index (χ0) is 10.8. The number of thiophene rings is 1. The van der Waals surface area contributed by atoms with Crippen LogP contribution >= 0.6 is 11.3 Å². The first-order valence-corrected chi connectivity index (χ1v) is 5.55. The summed E-state index contributed by atoms with van der Waals surface area (Å²) in [5.41, 5.74) is 1.95. The van der Waals surface area contributed by atoms with Crippen molar-refractivity contribution in [1.82, 2.24) is 9.55 Å². The van der Waals surface area contributed by atoms with E-state index in [2.05, 4.69) is 11.1 Å². The molecule has 0 spiro atoms. The zero-order valence-corrected chi connectivity index (χ0v) is 9.51. The second-order valence-corrected chi connectivity index (χ2v) is 4.29. The zero-order valence-electron chi connectivity index (χ0n) is 8.69. The van der Waals surface area contributed by atoms with Gasteiger partial charge >= 0.3 is 0 Å². The minimum Gasteiger partial charge on any atom is -0.330 e. The van der Waals surface area contributed by atoms with Crippen LogP contribution in [0.15, 0.2) is 17.5 Å². The Labute approximate surface area is 92.6 Å². The fraction of sp³-hybridized carbons (Fsp3) is 0.273. The summed E-state index contributed by atoms with van der Waals surface area (Å²) in [6.45, 7) is 2.00. The molecule has 2 aromatic rings. The Bertz CT molecular complexity index is 503. The summed E-state index contributed by atoms with van der Waals surface area (Å²) < 4.78 is 2.04. The molecule has 0 bridgehead atoms. The van der Waals surface area contributed by atoms with Crippen molar-refractivity contribution in [2.75, 3.05) is 0 Å². The Morgan fingerprint density at radius 2 is 2.40 bits per heavy atom. The van der Waals surface area contributed by atoms with E-state index in [1.165, 1.54) is 0 Å². The predicted molar refractivity (Wildman–Crippen MR) is 60.6 cm³/mol. The van der Waals surface area contributed by atoms with Crippen LogP contribution < -0.4 is 0 Å². The van der Waals surface area contributed by atoms with Gasteiger partial charge in [-0.2, -0.15) is 5.26 Å². The van der Waals surface area contributed by atoms with E-state index in [1.54, 1.807) is 11.3 Å².